The minimum Gasteiger partial charge on any atom is -0.452 e. The van der Waals surface area contributed by atoms with Gasteiger partial charge in [-0.3, -0.25) is 4.79 Å². The number of esters is 1. The molecule has 2 heterocycles. The second-order valence-electron chi connectivity index (χ2n) is 8.11. The molecule has 7 nitrogen and oxygen atoms in total. The van der Waals surface area contributed by atoms with Gasteiger partial charge in [0.25, 0.3) is 5.91 Å². The molecule has 4 rings (SSSR count). The molecule has 1 fully saturated rings. The predicted molar refractivity (Wildman–Crippen MR) is 116 cm³/mol. The van der Waals surface area contributed by atoms with Crippen LogP contribution in [0.5, 0.6) is 0 Å². The van der Waals surface area contributed by atoms with Gasteiger partial charge >= 0.3 is 5.97 Å². The lowest BCUT2D eigenvalue weighted by Crippen LogP contribution is -2.37. The number of para-hydroxylation sites is 1. The highest BCUT2D eigenvalue weighted by Crippen LogP contribution is 2.27. The van der Waals surface area contributed by atoms with Gasteiger partial charge in [-0.2, -0.15) is 4.31 Å². The molecule has 0 spiro atoms. The molecule has 1 saturated heterocycles. The van der Waals surface area contributed by atoms with Crippen molar-refractivity contribution in [3.8, 4) is 0 Å². The van der Waals surface area contributed by atoms with Gasteiger partial charge in [-0.05, 0) is 61.1 Å². The van der Waals surface area contributed by atoms with Crippen molar-refractivity contribution in [3.63, 3.8) is 0 Å². The Morgan fingerprint density at radius 1 is 1.00 bits per heavy atom. The van der Waals surface area contributed by atoms with Crippen LogP contribution in [0.25, 0.3) is 0 Å². The highest BCUT2D eigenvalue weighted by Gasteiger charge is 2.28. The molecule has 164 valence electrons. The number of piperidine rings is 1. The van der Waals surface area contributed by atoms with Gasteiger partial charge < -0.3 is 9.64 Å². The smallest absolute Gasteiger partial charge is 0.338 e. The number of rotatable bonds is 5. The standard InChI is InChI=1S/C23H26N2O5S/c1-17-10-13-24(14-11-17)31(28,29)20-8-6-19(7-9-20)23(27)30-16-22(26)25-15-12-18-4-2-3-5-21(18)25/h2-9,17H,10-16H2,1H3. The molecule has 2 aliphatic rings. The molecule has 0 saturated carbocycles. The van der Waals surface area contributed by atoms with E-state index in [1.54, 1.807) is 4.90 Å². The van der Waals surface area contributed by atoms with E-state index in [1.165, 1.54) is 28.6 Å². The first kappa shape index (κ1) is 21.5. The third-order valence-electron chi connectivity index (χ3n) is 5.99. The summed E-state index contributed by atoms with van der Waals surface area (Å²) in [5, 5.41) is 0. The fourth-order valence-electron chi connectivity index (χ4n) is 4.02. The van der Waals surface area contributed by atoms with Crippen molar-refractivity contribution in [1.29, 1.82) is 0 Å². The van der Waals surface area contributed by atoms with E-state index in [1.807, 2.05) is 24.3 Å². The van der Waals surface area contributed by atoms with Crippen molar-refractivity contribution in [2.45, 2.75) is 31.1 Å². The van der Waals surface area contributed by atoms with E-state index in [4.69, 9.17) is 4.74 Å². The lowest BCUT2D eigenvalue weighted by molar-refractivity contribution is -0.121. The number of hydrogen-bond acceptors (Lipinski definition) is 5. The van der Waals surface area contributed by atoms with Gasteiger partial charge in [0, 0.05) is 25.3 Å². The first-order valence-corrected chi connectivity index (χ1v) is 12.0. The molecule has 0 N–H and O–H groups in total. The Hall–Kier alpha value is -2.71. The Kier molecular flexibility index (Phi) is 6.11. The Bertz CT molecular complexity index is 1070. The number of hydrogen-bond donors (Lipinski definition) is 0. The third-order valence-corrected chi connectivity index (χ3v) is 7.90. The molecule has 0 unspecified atom stereocenters. The topological polar surface area (TPSA) is 84.0 Å². The van der Waals surface area contributed by atoms with Crippen LogP contribution in [0, 0.1) is 5.92 Å². The summed E-state index contributed by atoms with van der Waals surface area (Å²) in [6.07, 6.45) is 2.47. The van der Waals surface area contributed by atoms with Crippen molar-refractivity contribution in [2.24, 2.45) is 5.92 Å². The quantitative estimate of drug-likeness (QED) is 0.665. The number of carbonyl (C=O) groups is 2. The average molecular weight is 443 g/mol. The Balaban J connectivity index is 1.36. The number of carbonyl (C=O) groups excluding carboxylic acids is 2. The number of fused-ring (bicyclic) bond motifs is 1. The first-order chi connectivity index (χ1) is 14.9. The first-order valence-electron chi connectivity index (χ1n) is 10.5. The molecule has 31 heavy (non-hydrogen) atoms. The zero-order valence-electron chi connectivity index (χ0n) is 17.5. The van der Waals surface area contributed by atoms with Crippen LogP contribution in [0.2, 0.25) is 0 Å². The molecule has 0 radical (unpaired) electrons. The molecular formula is C23H26N2O5S. The average Bonchev–Trinajstić information content (AvgIpc) is 3.22. The van der Waals surface area contributed by atoms with Crippen LogP contribution in [0.1, 0.15) is 35.7 Å². The van der Waals surface area contributed by atoms with Crippen LogP contribution in [-0.4, -0.2) is 50.8 Å². The zero-order valence-corrected chi connectivity index (χ0v) is 18.3. The number of nitrogens with zero attached hydrogens (tertiary/aromatic N) is 2. The maximum Gasteiger partial charge on any atom is 0.338 e. The Labute approximate surface area is 182 Å². The number of ether oxygens (including phenoxy) is 1. The fraction of sp³-hybridized carbons (Fsp3) is 0.391. The Morgan fingerprint density at radius 3 is 2.39 bits per heavy atom. The molecule has 1 amide bonds. The highest BCUT2D eigenvalue weighted by atomic mass is 32.2. The van der Waals surface area contributed by atoms with E-state index < -0.39 is 16.0 Å². The van der Waals surface area contributed by atoms with Crippen molar-refractivity contribution < 1.29 is 22.7 Å². The van der Waals surface area contributed by atoms with Gasteiger partial charge in [-0.25, -0.2) is 13.2 Å². The van der Waals surface area contributed by atoms with Gasteiger partial charge in [0.2, 0.25) is 10.0 Å². The molecule has 0 atom stereocenters. The second-order valence-corrected chi connectivity index (χ2v) is 10.0. The van der Waals surface area contributed by atoms with Gasteiger partial charge in [-0.1, -0.05) is 25.1 Å². The molecule has 0 aliphatic carbocycles. The van der Waals surface area contributed by atoms with Gasteiger partial charge in [-0.15, -0.1) is 0 Å². The number of benzene rings is 2. The fourth-order valence-corrected chi connectivity index (χ4v) is 5.49. The summed E-state index contributed by atoms with van der Waals surface area (Å²) in [5.74, 6) is -0.409. The Morgan fingerprint density at radius 2 is 1.68 bits per heavy atom. The van der Waals surface area contributed by atoms with Crippen molar-refractivity contribution in [2.75, 3.05) is 31.1 Å². The summed E-state index contributed by atoms with van der Waals surface area (Å²) in [6.45, 7) is 3.35. The third kappa shape index (κ3) is 4.50. The van der Waals surface area contributed by atoms with Crippen LogP contribution < -0.4 is 4.90 Å². The van der Waals surface area contributed by atoms with Crippen LogP contribution in [0.3, 0.4) is 0 Å². The lowest BCUT2D eigenvalue weighted by Gasteiger charge is -2.29. The van der Waals surface area contributed by atoms with E-state index in [-0.39, 0.29) is 23.0 Å². The maximum absolute atomic E-state index is 12.8. The van der Waals surface area contributed by atoms with E-state index in [0.717, 1.165) is 30.5 Å². The molecule has 2 aliphatic heterocycles. The van der Waals surface area contributed by atoms with E-state index >= 15 is 0 Å². The summed E-state index contributed by atoms with van der Waals surface area (Å²) in [5.41, 5.74) is 2.16. The van der Waals surface area contributed by atoms with Crippen molar-refractivity contribution in [3.05, 3.63) is 59.7 Å². The SMILES string of the molecule is CC1CCN(S(=O)(=O)c2ccc(C(=O)OCC(=O)N3CCc4ccccc43)cc2)CC1. The normalized spacial score (nSPS) is 17.4. The molecule has 2 aromatic rings. The minimum absolute atomic E-state index is 0.156. The van der Waals surface area contributed by atoms with Crippen LogP contribution >= 0.6 is 0 Å². The molecule has 0 bridgehead atoms. The number of sulfonamides is 1. The summed E-state index contributed by atoms with van der Waals surface area (Å²) in [7, 11) is -3.57. The summed E-state index contributed by atoms with van der Waals surface area (Å²) in [4.78, 5) is 26.6. The lowest BCUT2D eigenvalue weighted by atomic mass is 10.0. The molecule has 2 aromatic carbocycles. The number of anilines is 1. The van der Waals surface area contributed by atoms with Crippen molar-refractivity contribution in [1.82, 2.24) is 4.31 Å². The van der Waals surface area contributed by atoms with Crippen LogP contribution in [0.4, 0.5) is 5.69 Å². The molecule has 0 aromatic heterocycles. The van der Waals surface area contributed by atoms with E-state index in [0.29, 0.717) is 25.6 Å². The largest absolute Gasteiger partial charge is 0.452 e. The monoisotopic (exact) mass is 442 g/mol. The van der Waals surface area contributed by atoms with E-state index in [9.17, 15) is 18.0 Å². The highest BCUT2D eigenvalue weighted by molar-refractivity contribution is 7.89. The molecule has 8 heteroatoms. The minimum atomic E-state index is -3.57. The van der Waals surface area contributed by atoms with Crippen LogP contribution in [-0.2, 0) is 26.0 Å². The summed E-state index contributed by atoms with van der Waals surface area (Å²) in [6, 6.07) is 13.4. The van der Waals surface area contributed by atoms with Gasteiger partial charge in [0.15, 0.2) is 6.61 Å². The summed E-state index contributed by atoms with van der Waals surface area (Å²) >= 11 is 0. The van der Waals surface area contributed by atoms with Crippen LogP contribution in [0.15, 0.2) is 53.4 Å². The van der Waals surface area contributed by atoms with Gasteiger partial charge in [0.1, 0.15) is 0 Å². The number of amides is 1. The zero-order chi connectivity index (χ0) is 22.0. The maximum atomic E-state index is 12.8. The summed E-state index contributed by atoms with van der Waals surface area (Å²) < 4.78 is 32.3. The van der Waals surface area contributed by atoms with E-state index in [2.05, 4.69) is 6.92 Å². The molecular weight excluding hydrogens is 416 g/mol. The second kappa shape index (κ2) is 8.80. The van der Waals surface area contributed by atoms with Crippen molar-refractivity contribution >= 4 is 27.6 Å². The predicted octanol–water partition coefficient (Wildman–Crippen LogP) is 2.85. The van der Waals surface area contributed by atoms with Gasteiger partial charge in [0.05, 0.1) is 10.5 Å².